The number of carbonyl (C=O) groups excluding carboxylic acids is 1. The van der Waals surface area contributed by atoms with Crippen molar-refractivity contribution in [1.29, 1.82) is 0 Å². The molecule has 0 radical (unpaired) electrons. The summed E-state index contributed by atoms with van der Waals surface area (Å²) in [5, 5.41) is 8.79. The molecule has 0 bridgehead atoms. The molecule has 1 aromatic rings. The lowest BCUT2D eigenvalue weighted by Crippen LogP contribution is -2.18. The summed E-state index contributed by atoms with van der Waals surface area (Å²) in [6, 6.07) is 5.24. The fraction of sp³-hybridized carbons (Fsp3) is 0.364. The van der Waals surface area contributed by atoms with Crippen molar-refractivity contribution < 1.29 is 14.7 Å². The van der Waals surface area contributed by atoms with E-state index in [0.717, 1.165) is 11.8 Å². The molecular formula is C11H15NO3. The second-order valence-electron chi connectivity index (χ2n) is 3.06. The molecule has 82 valence electrons. The summed E-state index contributed by atoms with van der Waals surface area (Å²) in [7, 11) is 0. The molecule has 0 heterocycles. The molecule has 1 rings (SSSR count). The number of hydrogen-bond donors (Lipinski definition) is 2. The van der Waals surface area contributed by atoms with Crippen molar-refractivity contribution in [1.82, 2.24) is 5.48 Å². The molecule has 0 aliphatic rings. The van der Waals surface area contributed by atoms with E-state index in [4.69, 9.17) is 9.94 Å². The van der Waals surface area contributed by atoms with Crippen molar-refractivity contribution in [2.75, 3.05) is 13.2 Å². The van der Waals surface area contributed by atoms with E-state index in [1.165, 1.54) is 0 Å². The maximum atomic E-state index is 10.7. The molecular weight excluding hydrogens is 194 g/mol. The third kappa shape index (κ3) is 3.34. The van der Waals surface area contributed by atoms with Crippen LogP contribution in [0.2, 0.25) is 0 Å². The number of nitrogens with one attached hydrogen (secondary N) is 1. The Morgan fingerprint density at radius 2 is 2.33 bits per heavy atom. The van der Waals surface area contributed by atoms with E-state index in [1.807, 2.05) is 6.92 Å². The highest BCUT2D eigenvalue weighted by molar-refractivity contribution is 5.79. The fourth-order valence-corrected chi connectivity index (χ4v) is 1.20. The Kier molecular flexibility index (Phi) is 4.80. The zero-order chi connectivity index (χ0) is 11.1. The van der Waals surface area contributed by atoms with Gasteiger partial charge in [0.1, 0.15) is 0 Å². The van der Waals surface area contributed by atoms with Gasteiger partial charge in [-0.1, -0.05) is 6.07 Å². The maximum absolute atomic E-state index is 10.7. The van der Waals surface area contributed by atoms with Gasteiger partial charge in [-0.2, -0.15) is 5.48 Å². The molecule has 2 N–H and O–H groups in total. The van der Waals surface area contributed by atoms with Crippen molar-refractivity contribution in [3.8, 4) is 5.75 Å². The number of benzene rings is 1. The van der Waals surface area contributed by atoms with Gasteiger partial charge in [0.2, 0.25) is 0 Å². The first-order chi connectivity index (χ1) is 7.31. The van der Waals surface area contributed by atoms with Gasteiger partial charge in [-0.3, -0.25) is 4.79 Å². The third-order valence-electron chi connectivity index (χ3n) is 1.93. The Bertz CT molecular complexity index is 326. The van der Waals surface area contributed by atoms with Crippen LogP contribution in [-0.2, 0) is 6.42 Å². The lowest BCUT2D eigenvalue weighted by Gasteiger charge is -2.08. The predicted molar refractivity (Wildman–Crippen MR) is 56.9 cm³/mol. The van der Waals surface area contributed by atoms with Crippen LogP contribution in [0.3, 0.4) is 0 Å². The molecule has 0 spiro atoms. The molecule has 0 aliphatic heterocycles. The van der Waals surface area contributed by atoms with E-state index in [1.54, 1.807) is 18.2 Å². The van der Waals surface area contributed by atoms with E-state index >= 15 is 0 Å². The smallest absolute Gasteiger partial charge is 0.157 e. The van der Waals surface area contributed by atoms with Crippen molar-refractivity contribution in [2.45, 2.75) is 13.3 Å². The van der Waals surface area contributed by atoms with Crippen LogP contribution in [0.1, 0.15) is 22.8 Å². The maximum Gasteiger partial charge on any atom is 0.157 e. The topological polar surface area (TPSA) is 58.6 Å². The summed E-state index contributed by atoms with van der Waals surface area (Å²) in [4.78, 5) is 15.9. The molecule has 0 saturated carbocycles. The zero-order valence-electron chi connectivity index (χ0n) is 8.69. The molecule has 0 unspecified atom stereocenters. The van der Waals surface area contributed by atoms with Gasteiger partial charge in [0.25, 0.3) is 0 Å². The quantitative estimate of drug-likeness (QED) is 0.540. The van der Waals surface area contributed by atoms with Crippen LogP contribution in [0, 0.1) is 0 Å². The van der Waals surface area contributed by atoms with Crippen LogP contribution in [0.4, 0.5) is 0 Å². The van der Waals surface area contributed by atoms with Gasteiger partial charge in [0.05, 0.1) is 5.56 Å². The minimum absolute atomic E-state index is 0.0844. The summed E-state index contributed by atoms with van der Waals surface area (Å²) in [5.74, 6) is 0.498. The lowest BCUT2D eigenvalue weighted by atomic mass is 10.1. The highest BCUT2D eigenvalue weighted by Crippen LogP contribution is 2.18. The van der Waals surface area contributed by atoms with Crippen LogP contribution in [-0.4, -0.2) is 24.5 Å². The first kappa shape index (κ1) is 11.7. The molecule has 0 aromatic heterocycles. The minimum Gasteiger partial charge on any atom is -0.408 e. The normalized spacial score (nSPS) is 10.0. The fourth-order valence-electron chi connectivity index (χ4n) is 1.20. The molecule has 4 nitrogen and oxygen atoms in total. The number of hydrogen-bond acceptors (Lipinski definition) is 4. The molecule has 0 saturated heterocycles. The van der Waals surface area contributed by atoms with Gasteiger partial charge < -0.3 is 9.94 Å². The van der Waals surface area contributed by atoms with Crippen LogP contribution in [0.5, 0.6) is 5.75 Å². The number of carbonyl (C=O) groups is 1. The molecule has 0 fully saturated rings. The average Bonchev–Trinajstić information content (AvgIpc) is 2.27. The first-order valence-electron chi connectivity index (χ1n) is 4.90. The van der Waals surface area contributed by atoms with Gasteiger partial charge in [0.15, 0.2) is 12.0 Å². The Morgan fingerprint density at radius 1 is 1.53 bits per heavy atom. The number of hydroxylamine groups is 1. The van der Waals surface area contributed by atoms with Crippen LogP contribution in [0.15, 0.2) is 18.2 Å². The predicted octanol–water partition coefficient (Wildman–Crippen LogP) is 0.937. The second kappa shape index (κ2) is 6.16. The van der Waals surface area contributed by atoms with Crippen molar-refractivity contribution >= 4 is 6.29 Å². The van der Waals surface area contributed by atoms with E-state index in [-0.39, 0.29) is 6.61 Å². The van der Waals surface area contributed by atoms with E-state index in [0.29, 0.717) is 24.3 Å². The number of aliphatic hydroxyl groups is 1. The molecule has 15 heavy (non-hydrogen) atoms. The molecule has 0 amide bonds. The molecule has 0 aliphatic carbocycles. The van der Waals surface area contributed by atoms with Crippen molar-refractivity contribution in [2.24, 2.45) is 0 Å². The number of rotatable bonds is 6. The third-order valence-corrected chi connectivity index (χ3v) is 1.93. The standard InChI is InChI=1S/C11H15NO3/c1-2-12-15-11-7-9(5-6-13)3-4-10(11)8-14/h3-4,7-8,12-13H,2,5-6H2,1H3. The van der Waals surface area contributed by atoms with Gasteiger partial charge in [0, 0.05) is 13.2 Å². The molecule has 0 atom stereocenters. The van der Waals surface area contributed by atoms with Crippen LogP contribution in [0.25, 0.3) is 0 Å². The van der Waals surface area contributed by atoms with Crippen LogP contribution >= 0.6 is 0 Å². The SMILES string of the molecule is CCNOc1cc(CCO)ccc1C=O. The number of aldehydes is 1. The largest absolute Gasteiger partial charge is 0.408 e. The average molecular weight is 209 g/mol. The number of aliphatic hydroxyl groups excluding tert-OH is 1. The van der Waals surface area contributed by atoms with E-state index in [9.17, 15) is 4.79 Å². The first-order valence-corrected chi connectivity index (χ1v) is 4.90. The Labute approximate surface area is 88.8 Å². The monoisotopic (exact) mass is 209 g/mol. The highest BCUT2D eigenvalue weighted by atomic mass is 16.6. The van der Waals surface area contributed by atoms with Gasteiger partial charge in [-0.15, -0.1) is 0 Å². The summed E-state index contributed by atoms with van der Waals surface area (Å²) >= 11 is 0. The zero-order valence-corrected chi connectivity index (χ0v) is 8.69. The summed E-state index contributed by atoms with van der Waals surface area (Å²) < 4.78 is 0. The molecule has 1 aromatic carbocycles. The Hall–Kier alpha value is -1.39. The lowest BCUT2D eigenvalue weighted by molar-refractivity contribution is 0.111. The highest BCUT2D eigenvalue weighted by Gasteiger charge is 2.04. The minimum atomic E-state index is 0.0844. The Balaban J connectivity index is 2.86. The van der Waals surface area contributed by atoms with Crippen LogP contribution < -0.4 is 10.3 Å². The second-order valence-corrected chi connectivity index (χ2v) is 3.06. The van der Waals surface area contributed by atoms with Crippen molar-refractivity contribution in [3.63, 3.8) is 0 Å². The summed E-state index contributed by atoms with van der Waals surface area (Å²) in [5.41, 5.74) is 4.13. The van der Waals surface area contributed by atoms with Gasteiger partial charge in [-0.25, -0.2) is 0 Å². The van der Waals surface area contributed by atoms with Gasteiger partial charge in [-0.05, 0) is 31.0 Å². The summed E-state index contributed by atoms with van der Waals surface area (Å²) in [6.07, 6.45) is 1.30. The Morgan fingerprint density at radius 3 is 2.93 bits per heavy atom. The van der Waals surface area contributed by atoms with Crippen molar-refractivity contribution in [3.05, 3.63) is 29.3 Å². The van der Waals surface area contributed by atoms with E-state index in [2.05, 4.69) is 5.48 Å². The van der Waals surface area contributed by atoms with E-state index < -0.39 is 0 Å². The van der Waals surface area contributed by atoms with Gasteiger partial charge >= 0.3 is 0 Å². The summed E-state index contributed by atoms with van der Waals surface area (Å²) in [6.45, 7) is 2.64. The molecule has 4 heteroatoms.